The molecule has 1 aliphatic heterocycles. The van der Waals surface area contributed by atoms with E-state index in [-0.39, 0.29) is 23.3 Å². The molecular formula is C20H27N3O4S. The number of rotatable bonds is 5. The van der Waals surface area contributed by atoms with Crippen LogP contribution in [0.25, 0.3) is 0 Å². The van der Waals surface area contributed by atoms with E-state index in [4.69, 9.17) is 4.52 Å². The lowest BCUT2D eigenvalue weighted by atomic mass is 9.97. The molecule has 1 fully saturated rings. The van der Waals surface area contributed by atoms with E-state index in [2.05, 4.69) is 5.16 Å². The maximum absolute atomic E-state index is 13.0. The van der Waals surface area contributed by atoms with Gasteiger partial charge in [0, 0.05) is 32.6 Å². The summed E-state index contributed by atoms with van der Waals surface area (Å²) in [5, 5.41) is 3.76. The van der Waals surface area contributed by atoms with Crippen LogP contribution in [0.5, 0.6) is 0 Å². The van der Waals surface area contributed by atoms with E-state index in [1.807, 2.05) is 37.3 Å². The van der Waals surface area contributed by atoms with E-state index in [1.165, 1.54) is 4.31 Å². The first-order chi connectivity index (χ1) is 13.3. The fourth-order valence-corrected chi connectivity index (χ4v) is 5.41. The third kappa shape index (κ3) is 4.28. The Labute approximate surface area is 166 Å². The SMILES string of the molecule is Cc1noc(C)c1S(=O)(=O)N1CCCN(C(=O)CC(C)c2ccccc2)CC1. The molecule has 0 bridgehead atoms. The summed E-state index contributed by atoms with van der Waals surface area (Å²) >= 11 is 0. The van der Waals surface area contributed by atoms with Gasteiger partial charge in [0.1, 0.15) is 10.6 Å². The fourth-order valence-electron chi connectivity index (χ4n) is 3.65. The molecule has 0 aliphatic carbocycles. The number of aryl methyl sites for hydroxylation is 2. The lowest BCUT2D eigenvalue weighted by Crippen LogP contribution is -2.37. The summed E-state index contributed by atoms with van der Waals surface area (Å²) in [5.74, 6) is 0.485. The Bertz CT molecular complexity index is 905. The Balaban J connectivity index is 1.65. The van der Waals surface area contributed by atoms with E-state index >= 15 is 0 Å². The molecule has 1 aromatic carbocycles. The maximum atomic E-state index is 13.0. The quantitative estimate of drug-likeness (QED) is 0.764. The second-order valence-electron chi connectivity index (χ2n) is 7.31. The van der Waals surface area contributed by atoms with Crippen molar-refractivity contribution in [2.75, 3.05) is 26.2 Å². The summed E-state index contributed by atoms with van der Waals surface area (Å²) in [5.41, 5.74) is 1.50. The van der Waals surface area contributed by atoms with Crippen molar-refractivity contribution in [2.45, 2.75) is 44.4 Å². The summed E-state index contributed by atoms with van der Waals surface area (Å²) in [6.07, 6.45) is 1.02. The Morgan fingerprint density at radius 1 is 1.14 bits per heavy atom. The van der Waals surface area contributed by atoms with Crippen LogP contribution in [-0.2, 0) is 14.8 Å². The molecule has 1 atom stereocenters. The van der Waals surface area contributed by atoms with Crippen LogP contribution in [0.4, 0.5) is 0 Å². The third-order valence-corrected chi connectivity index (χ3v) is 7.37. The van der Waals surface area contributed by atoms with Crippen molar-refractivity contribution < 1.29 is 17.7 Å². The van der Waals surface area contributed by atoms with Crippen molar-refractivity contribution in [3.05, 3.63) is 47.3 Å². The first-order valence-electron chi connectivity index (χ1n) is 9.56. The minimum absolute atomic E-state index is 0.0629. The lowest BCUT2D eigenvalue weighted by Gasteiger charge is -2.23. The van der Waals surface area contributed by atoms with Gasteiger partial charge in [0.25, 0.3) is 0 Å². The minimum Gasteiger partial charge on any atom is -0.360 e. The van der Waals surface area contributed by atoms with E-state index in [1.54, 1.807) is 18.7 Å². The van der Waals surface area contributed by atoms with E-state index in [0.29, 0.717) is 43.9 Å². The number of hydrogen-bond donors (Lipinski definition) is 0. The standard InChI is InChI=1S/C20H27N3O4S/c1-15(18-8-5-4-6-9-18)14-19(24)22-10-7-11-23(13-12-22)28(25,26)20-16(2)21-27-17(20)3/h4-6,8-9,15H,7,10-14H2,1-3H3. The lowest BCUT2D eigenvalue weighted by molar-refractivity contribution is -0.131. The highest BCUT2D eigenvalue weighted by molar-refractivity contribution is 7.89. The van der Waals surface area contributed by atoms with Crippen molar-refractivity contribution in [1.82, 2.24) is 14.4 Å². The van der Waals surface area contributed by atoms with Crippen molar-refractivity contribution in [3.8, 4) is 0 Å². The number of aromatic nitrogens is 1. The van der Waals surface area contributed by atoms with Crippen molar-refractivity contribution >= 4 is 15.9 Å². The molecule has 7 nitrogen and oxygen atoms in total. The first kappa shape index (κ1) is 20.5. The molecule has 2 heterocycles. The molecule has 28 heavy (non-hydrogen) atoms. The molecule has 1 saturated heterocycles. The van der Waals surface area contributed by atoms with E-state index in [9.17, 15) is 13.2 Å². The van der Waals surface area contributed by atoms with Gasteiger partial charge in [-0.1, -0.05) is 42.4 Å². The molecular weight excluding hydrogens is 378 g/mol. The van der Waals surface area contributed by atoms with Gasteiger partial charge in [-0.05, 0) is 31.7 Å². The Morgan fingerprint density at radius 3 is 2.50 bits per heavy atom. The number of benzene rings is 1. The van der Waals surface area contributed by atoms with E-state index < -0.39 is 10.0 Å². The molecule has 3 rings (SSSR count). The Kier molecular flexibility index (Phi) is 6.20. The molecule has 1 aromatic heterocycles. The average Bonchev–Trinajstić information content (AvgIpc) is 2.87. The summed E-state index contributed by atoms with van der Waals surface area (Å²) < 4.78 is 32.5. The van der Waals surface area contributed by atoms with Crippen LogP contribution in [0.15, 0.2) is 39.8 Å². The monoisotopic (exact) mass is 405 g/mol. The minimum atomic E-state index is -3.68. The number of hydrogen-bond acceptors (Lipinski definition) is 5. The summed E-state index contributed by atoms with van der Waals surface area (Å²) in [6, 6.07) is 9.96. The van der Waals surface area contributed by atoms with Crippen molar-refractivity contribution in [2.24, 2.45) is 0 Å². The number of amides is 1. The summed E-state index contributed by atoms with van der Waals surface area (Å²) in [6.45, 7) is 6.88. The molecule has 0 spiro atoms. The molecule has 1 aliphatic rings. The highest BCUT2D eigenvalue weighted by Gasteiger charge is 2.33. The molecule has 0 N–H and O–H groups in total. The zero-order valence-electron chi connectivity index (χ0n) is 16.6. The second-order valence-corrected chi connectivity index (χ2v) is 9.18. The zero-order valence-corrected chi connectivity index (χ0v) is 17.4. The van der Waals surface area contributed by atoms with E-state index in [0.717, 1.165) is 5.56 Å². The third-order valence-electron chi connectivity index (χ3n) is 5.22. The highest BCUT2D eigenvalue weighted by Crippen LogP contribution is 2.25. The topological polar surface area (TPSA) is 83.7 Å². The van der Waals surface area contributed by atoms with Gasteiger partial charge in [-0.3, -0.25) is 4.79 Å². The molecule has 0 saturated carbocycles. The highest BCUT2D eigenvalue weighted by atomic mass is 32.2. The number of carbonyl (C=O) groups is 1. The average molecular weight is 406 g/mol. The van der Waals surface area contributed by atoms with Gasteiger partial charge in [-0.2, -0.15) is 4.31 Å². The largest absolute Gasteiger partial charge is 0.360 e. The van der Waals surface area contributed by atoms with Gasteiger partial charge in [0.2, 0.25) is 15.9 Å². The van der Waals surface area contributed by atoms with Gasteiger partial charge in [0.05, 0.1) is 0 Å². The number of nitrogens with zero attached hydrogens (tertiary/aromatic N) is 3. The molecule has 1 unspecified atom stereocenters. The van der Waals surface area contributed by atoms with Gasteiger partial charge in [0.15, 0.2) is 5.76 Å². The van der Waals surface area contributed by atoms with Crippen LogP contribution in [-0.4, -0.2) is 54.9 Å². The van der Waals surface area contributed by atoms with Crippen LogP contribution in [0.2, 0.25) is 0 Å². The molecule has 8 heteroatoms. The van der Waals surface area contributed by atoms with Gasteiger partial charge >= 0.3 is 0 Å². The molecule has 152 valence electrons. The summed E-state index contributed by atoms with van der Waals surface area (Å²) in [4.78, 5) is 14.7. The van der Waals surface area contributed by atoms with Crippen LogP contribution in [0, 0.1) is 13.8 Å². The van der Waals surface area contributed by atoms with Crippen LogP contribution in [0.1, 0.15) is 42.7 Å². The Hall–Kier alpha value is -2.19. The van der Waals surface area contributed by atoms with Crippen LogP contribution < -0.4 is 0 Å². The Morgan fingerprint density at radius 2 is 1.86 bits per heavy atom. The normalized spacial score (nSPS) is 17.3. The van der Waals surface area contributed by atoms with Crippen molar-refractivity contribution in [1.29, 1.82) is 0 Å². The predicted octanol–water partition coefficient (Wildman–Crippen LogP) is 2.71. The van der Waals surface area contributed by atoms with Crippen molar-refractivity contribution in [3.63, 3.8) is 0 Å². The fraction of sp³-hybridized carbons (Fsp3) is 0.500. The first-order valence-corrected chi connectivity index (χ1v) is 11.0. The molecule has 1 amide bonds. The summed E-state index contributed by atoms with van der Waals surface area (Å²) in [7, 11) is -3.68. The van der Waals surface area contributed by atoms with Crippen LogP contribution >= 0.6 is 0 Å². The maximum Gasteiger partial charge on any atom is 0.248 e. The van der Waals surface area contributed by atoms with Gasteiger partial charge in [-0.25, -0.2) is 8.42 Å². The van der Waals surface area contributed by atoms with Crippen LogP contribution in [0.3, 0.4) is 0 Å². The van der Waals surface area contributed by atoms with Gasteiger partial charge < -0.3 is 9.42 Å². The van der Waals surface area contributed by atoms with Gasteiger partial charge in [-0.15, -0.1) is 0 Å². The predicted molar refractivity (Wildman–Crippen MR) is 105 cm³/mol. The zero-order chi connectivity index (χ0) is 20.3. The molecule has 0 radical (unpaired) electrons. The second kappa shape index (κ2) is 8.45. The molecule has 2 aromatic rings. The smallest absolute Gasteiger partial charge is 0.248 e. The number of carbonyl (C=O) groups excluding carboxylic acids is 1. The number of sulfonamides is 1.